The quantitative estimate of drug-likeness (QED) is 0.576. The minimum Gasteiger partial charge on any atom is -0.450 e. The van der Waals surface area contributed by atoms with Crippen molar-refractivity contribution in [3.8, 4) is 0 Å². The standard InChI is InChI=1S/C21H15Cl2NO5S/c22-14-6-5-11(9-15(14)23)18-17-19(25)13-3-1-2-4-16(13)29-20(17)21(26)24(18)12-7-8-30(27,28)10-12/h1-6,9,12,18H,7-8,10H2/t12-,18+/m0/s1. The number of benzene rings is 2. The minimum atomic E-state index is -3.26. The third kappa shape index (κ3) is 2.95. The van der Waals surface area contributed by atoms with Gasteiger partial charge in [0.2, 0.25) is 5.76 Å². The summed E-state index contributed by atoms with van der Waals surface area (Å²) in [6, 6.07) is 10.2. The maximum Gasteiger partial charge on any atom is 0.291 e. The summed E-state index contributed by atoms with van der Waals surface area (Å²) in [4.78, 5) is 28.2. The van der Waals surface area contributed by atoms with Crippen LogP contribution in [0.15, 0.2) is 51.7 Å². The van der Waals surface area contributed by atoms with Crippen LogP contribution in [-0.2, 0) is 9.84 Å². The van der Waals surface area contributed by atoms with Gasteiger partial charge in [0.25, 0.3) is 5.91 Å². The van der Waals surface area contributed by atoms with E-state index in [1.807, 2.05) is 0 Å². The van der Waals surface area contributed by atoms with E-state index in [-0.39, 0.29) is 33.3 Å². The molecule has 0 unspecified atom stereocenters. The molecule has 9 heteroatoms. The van der Waals surface area contributed by atoms with Gasteiger partial charge in [-0.2, -0.15) is 0 Å². The summed E-state index contributed by atoms with van der Waals surface area (Å²) in [6.07, 6.45) is 0.299. The summed E-state index contributed by atoms with van der Waals surface area (Å²) < 4.78 is 30.1. The Balaban J connectivity index is 1.77. The lowest BCUT2D eigenvalue weighted by molar-refractivity contribution is 0.0662. The lowest BCUT2D eigenvalue weighted by Crippen LogP contribution is -2.40. The SMILES string of the molecule is O=C1c2oc3ccccc3c(=O)c2[C@@H](c2ccc(Cl)c(Cl)c2)N1[C@H]1CCS(=O)(=O)C1. The highest BCUT2D eigenvalue weighted by Gasteiger charge is 2.48. The molecule has 2 atom stereocenters. The Morgan fingerprint density at radius 1 is 1.03 bits per heavy atom. The molecule has 3 heterocycles. The number of halogens is 2. The maximum absolute atomic E-state index is 13.4. The molecule has 0 spiro atoms. The molecule has 154 valence electrons. The van der Waals surface area contributed by atoms with Crippen molar-refractivity contribution in [2.45, 2.75) is 18.5 Å². The Bertz CT molecular complexity index is 1380. The molecule has 0 saturated carbocycles. The van der Waals surface area contributed by atoms with Crippen LogP contribution in [0.3, 0.4) is 0 Å². The van der Waals surface area contributed by atoms with Crippen molar-refractivity contribution in [2.24, 2.45) is 0 Å². The van der Waals surface area contributed by atoms with Crippen LogP contribution >= 0.6 is 23.2 Å². The maximum atomic E-state index is 13.4. The average Bonchev–Trinajstić information content (AvgIpc) is 3.21. The van der Waals surface area contributed by atoms with Crippen molar-refractivity contribution in [1.82, 2.24) is 4.90 Å². The van der Waals surface area contributed by atoms with Crippen LogP contribution in [0.1, 0.15) is 34.1 Å². The second kappa shape index (κ2) is 6.83. The Morgan fingerprint density at radius 2 is 1.80 bits per heavy atom. The molecule has 2 aromatic carbocycles. The topological polar surface area (TPSA) is 84.7 Å². The number of fused-ring (bicyclic) bond motifs is 2. The van der Waals surface area contributed by atoms with Crippen LogP contribution in [0.5, 0.6) is 0 Å². The van der Waals surface area contributed by atoms with Gasteiger partial charge < -0.3 is 9.32 Å². The fourth-order valence-electron chi connectivity index (χ4n) is 4.32. The molecule has 30 heavy (non-hydrogen) atoms. The molecule has 5 rings (SSSR count). The molecule has 1 saturated heterocycles. The zero-order chi connectivity index (χ0) is 21.2. The van der Waals surface area contributed by atoms with E-state index in [9.17, 15) is 18.0 Å². The molecule has 0 aliphatic carbocycles. The number of nitrogens with zero attached hydrogens (tertiary/aromatic N) is 1. The summed E-state index contributed by atoms with van der Waals surface area (Å²) >= 11 is 12.3. The van der Waals surface area contributed by atoms with E-state index in [4.69, 9.17) is 27.6 Å². The van der Waals surface area contributed by atoms with Crippen LogP contribution in [0.2, 0.25) is 10.0 Å². The predicted molar refractivity (Wildman–Crippen MR) is 114 cm³/mol. The molecular formula is C21H15Cl2NO5S. The first-order valence-electron chi connectivity index (χ1n) is 9.30. The monoisotopic (exact) mass is 463 g/mol. The van der Waals surface area contributed by atoms with Crippen LogP contribution in [0.4, 0.5) is 0 Å². The third-order valence-corrected chi connectivity index (χ3v) is 8.16. The number of hydrogen-bond acceptors (Lipinski definition) is 5. The fraction of sp³-hybridized carbons (Fsp3) is 0.238. The van der Waals surface area contributed by atoms with Crippen LogP contribution in [0.25, 0.3) is 11.0 Å². The van der Waals surface area contributed by atoms with Gasteiger partial charge in [-0.1, -0.05) is 41.4 Å². The second-order valence-corrected chi connectivity index (χ2v) is 10.6. The molecule has 1 amide bonds. The van der Waals surface area contributed by atoms with Crippen LogP contribution in [0, 0.1) is 0 Å². The first-order chi connectivity index (χ1) is 14.3. The van der Waals surface area contributed by atoms with Gasteiger partial charge in [0.1, 0.15) is 5.58 Å². The molecule has 3 aromatic rings. The number of carbonyl (C=O) groups excluding carboxylic acids is 1. The van der Waals surface area contributed by atoms with E-state index in [1.54, 1.807) is 42.5 Å². The molecular weight excluding hydrogens is 449 g/mol. The summed E-state index contributed by atoms with van der Waals surface area (Å²) in [5.41, 5.74) is 0.757. The molecule has 1 aromatic heterocycles. The van der Waals surface area contributed by atoms with Gasteiger partial charge in [0.05, 0.1) is 38.5 Å². The summed E-state index contributed by atoms with van der Waals surface area (Å²) in [5, 5.41) is 0.972. The van der Waals surface area contributed by atoms with Gasteiger partial charge in [-0.25, -0.2) is 8.42 Å². The number of amides is 1. The Labute approximate surface area is 181 Å². The van der Waals surface area contributed by atoms with Crippen molar-refractivity contribution < 1.29 is 17.6 Å². The summed E-state index contributed by atoms with van der Waals surface area (Å²) in [7, 11) is -3.26. The largest absolute Gasteiger partial charge is 0.450 e. The highest BCUT2D eigenvalue weighted by Crippen LogP contribution is 2.42. The number of rotatable bonds is 2. The minimum absolute atomic E-state index is 0.00473. The lowest BCUT2D eigenvalue weighted by atomic mass is 9.97. The molecule has 0 N–H and O–H groups in total. The first kappa shape index (κ1) is 19.6. The zero-order valence-corrected chi connectivity index (χ0v) is 17.8. The zero-order valence-electron chi connectivity index (χ0n) is 15.5. The molecule has 0 bridgehead atoms. The van der Waals surface area contributed by atoms with Gasteiger partial charge in [-0.3, -0.25) is 9.59 Å². The number of carbonyl (C=O) groups is 1. The predicted octanol–water partition coefficient (Wildman–Crippen LogP) is 3.83. The number of hydrogen-bond donors (Lipinski definition) is 0. The summed E-state index contributed by atoms with van der Waals surface area (Å²) in [5.74, 6) is -0.710. The van der Waals surface area contributed by atoms with E-state index in [0.29, 0.717) is 28.0 Å². The highest BCUT2D eigenvalue weighted by molar-refractivity contribution is 7.91. The Morgan fingerprint density at radius 3 is 2.50 bits per heavy atom. The fourth-order valence-corrected chi connectivity index (χ4v) is 6.34. The Hall–Kier alpha value is -2.35. The van der Waals surface area contributed by atoms with Crippen molar-refractivity contribution in [2.75, 3.05) is 11.5 Å². The van der Waals surface area contributed by atoms with Gasteiger partial charge in [-0.05, 0) is 36.2 Å². The van der Waals surface area contributed by atoms with Crippen molar-refractivity contribution >= 4 is 49.9 Å². The second-order valence-electron chi connectivity index (χ2n) is 7.52. The average molecular weight is 464 g/mol. The molecule has 1 fully saturated rings. The van der Waals surface area contributed by atoms with E-state index >= 15 is 0 Å². The van der Waals surface area contributed by atoms with E-state index in [1.165, 1.54) is 4.90 Å². The van der Waals surface area contributed by atoms with E-state index in [2.05, 4.69) is 0 Å². The van der Waals surface area contributed by atoms with Gasteiger partial charge >= 0.3 is 0 Å². The van der Waals surface area contributed by atoms with Gasteiger partial charge in [0.15, 0.2) is 15.3 Å². The first-order valence-corrected chi connectivity index (χ1v) is 11.9. The smallest absolute Gasteiger partial charge is 0.291 e. The van der Waals surface area contributed by atoms with Gasteiger partial charge in [0, 0.05) is 6.04 Å². The number of para-hydroxylation sites is 1. The lowest BCUT2D eigenvalue weighted by Gasteiger charge is -2.30. The van der Waals surface area contributed by atoms with Gasteiger partial charge in [-0.15, -0.1) is 0 Å². The van der Waals surface area contributed by atoms with E-state index < -0.39 is 27.8 Å². The van der Waals surface area contributed by atoms with E-state index in [0.717, 1.165) is 0 Å². The van der Waals surface area contributed by atoms with Crippen LogP contribution < -0.4 is 5.43 Å². The van der Waals surface area contributed by atoms with Crippen LogP contribution in [-0.4, -0.2) is 36.8 Å². The molecule has 0 radical (unpaired) electrons. The van der Waals surface area contributed by atoms with Crippen molar-refractivity contribution in [3.63, 3.8) is 0 Å². The van der Waals surface area contributed by atoms with Crippen molar-refractivity contribution in [1.29, 1.82) is 0 Å². The normalized spacial score (nSPS) is 22.6. The molecule has 6 nitrogen and oxygen atoms in total. The Kier molecular flexibility index (Phi) is 4.47. The third-order valence-electron chi connectivity index (χ3n) is 5.67. The van der Waals surface area contributed by atoms with Crippen molar-refractivity contribution in [3.05, 3.63) is 79.6 Å². The highest BCUT2D eigenvalue weighted by atomic mass is 35.5. The summed E-state index contributed by atoms with van der Waals surface area (Å²) in [6.45, 7) is 0. The molecule has 2 aliphatic rings. The molecule has 2 aliphatic heterocycles. The number of sulfone groups is 1.